The highest BCUT2D eigenvalue weighted by Gasteiger charge is 2.47. The summed E-state index contributed by atoms with van der Waals surface area (Å²) in [5.41, 5.74) is 5.86. The summed E-state index contributed by atoms with van der Waals surface area (Å²) in [4.78, 5) is 12.5. The molecule has 2 aliphatic rings. The van der Waals surface area contributed by atoms with Crippen molar-refractivity contribution in [2.24, 2.45) is 5.73 Å². The van der Waals surface area contributed by atoms with E-state index in [4.69, 9.17) is 24.7 Å². The fourth-order valence-electron chi connectivity index (χ4n) is 2.95. The minimum atomic E-state index is -0.643. The third-order valence-corrected chi connectivity index (χ3v) is 4.14. The number of nitrogens with one attached hydrogen (secondary N) is 1. The van der Waals surface area contributed by atoms with E-state index in [-0.39, 0.29) is 30.8 Å². The van der Waals surface area contributed by atoms with Gasteiger partial charge in [-0.25, -0.2) is 0 Å². The number of hydrogen-bond acceptors (Lipinski definition) is 7. The lowest BCUT2D eigenvalue weighted by atomic mass is 10.1. The lowest BCUT2D eigenvalue weighted by Crippen LogP contribution is -2.44. The average Bonchev–Trinajstić information content (AvgIpc) is 3.16. The number of methoxy groups -OCH3 is 1. The second kappa shape index (κ2) is 7.35. The molecule has 1 aromatic carbocycles. The van der Waals surface area contributed by atoms with Crippen LogP contribution in [0.4, 0.5) is 0 Å². The van der Waals surface area contributed by atoms with E-state index in [0.29, 0.717) is 36.8 Å². The van der Waals surface area contributed by atoms with Crippen molar-refractivity contribution in [3.05, 3.63) is 23.8 Å². The molecule has 1 amide bonds. The molecule has 0 bridgehead atoms. The van der Waals surface area contributed by atoms with Crippen molar-refractivity contribution in [1.29, 1.82) is 0 Å². The Balaban J connectivity index is 1.67. The van der Waals surface area contributed by atoms with Crippen LogP contribution < -0.4 is 20.5 Å². The van der Waals surface area contributed by atoms with Gasteiger partial charge in [-0.1, -0.05) is 0 Å². The lowest BCUT2D eigenvalue weighted by molar-refractivity contribution is 0.0178. The van der Waals surface area contributed by atoms with E-state index in [9.17, 15) is 9.90 Å². The summed E-state index contributed by atoms with van der Waals surface area (Å²) in [6, 6.07) is 4.65. The van der Waals surface area contributed by atoms with Crippen molar-refractivity contribution in [2.75, 3.05) is 33.5 Å². The first-order valence-electron chi connectivity index (χ1n) is 7.87. The molecule has 132 valence electrons. The maximum Gasteiger partial charge on any atom is 0.251 e. The van der Waals surface area contributed by atoms with Gasteiger partial charge in [0.05, 0.1) is 26.4 Å². The standard InChI is InChI=1S/C16H22N2O6/c1-21-13-6-9(2-3-12(13)22-5-4-17)16(20)18-10-7-23-15-11(19)8-24-14(10)15/h2-3,6,10-11,14-15,19H,4-5,7-8,17H2,1H3,(H,18,20)/t10-,11-,14-,15-/m1/s1. The molecular weight excluding hydrogens is 316 g/mol. The Kier molecular flexibility index (Phi) is 5.20. The van der Waals surface area contributed by atoms with E-state index in [0.717, 1.165) is 0 Å². The summed E-state index contributed by atoms with van der Waals surface area (Å²) < 4.78 is 21.7. The van der Waals surface area contributed by atoms with Gasteiger partial charge in [0.2, 0.25) is 0 Å². The Morgan fingerprint density at radius 1 is 1.33 bits per heavy atom. The predicted octanol–water partition coefficient (Wildman–Crippen LogP) is -0.710. The number of hydrogen-bond donors (Lipinski definition) is 3. The molecule has 0 saturated carbocycles. The zero-order chi connectivity index (χ0) is 17.1. The maximum atomic E-state index is 12.5. The number of aliphatic hydroxyl groups is 1. The van der Waals surface area contributed by atoms with Gasteiger partial charge in [-0.15, -0.1) is 0 Å². The average molecular weight is 338 g/mol. The first-order valence-corrected chi connectivity index (χ1v) is 7.87. The topological polar surface area (TPSA) is 112 Å². The Morgan fingerprint density at radius 3 is 2.88 bits per heavy atom. The summed E-state index contributed by atoms with van der Waals surface area (Å²) >= 11 is 0. The largest absolute Gasteiger partial charge is 0.493 e. The molecule has 0 radical (unpaired) electrons. The van der Waals surface area contributed by atoms with E-state index in [1.54, 1.807) is 18.2 Å². The molecule has 4 N–H and O–H groups in total. The van der Waals surface area contributed by atoms with Crippen LogP contribution in [0.15, 0.2) is 18.2 Å². The molecule has 0 aliphatic carbocycles. The highest BCUT2D eigenvalue weighted by molar-refractivity contribution is 5.95. The first-order chi connectivity index (χ1) is 11.6. The van der Waals surface area contributed by atoms with Crippen molar-refractivity contribution < 1.29 is 28.8 Å². The third-order valence-electron chi connectivity index (χ3n) is 4.14. The molecule has 0 spiro atoms. The van der Waals surface area contributed by atoms with Gasteiger partial charge in [0.15, 0.2) is 11.5 Å². The van der Waals surface area contributed by atoms with Crippen LogP contribution in [0.25, 0.3) is 0 Å². The zero-order valence-electron chi connectivity index (χ0n) is 13.4. The first kappa shape index (κ1) is 17.0. The molecule has 8 nitrogen and oxygen atoms in total. The molecule has 2 fully saturated rings. The number of nitrogens with two attached hydrogens (primary N) is 1. The number of fused-ring (bicyclic) bond motifs is 1. The monoisotopic (exact) mass is 338 g/mol. The Hall–Kier alpha value is -1.87. The van der Waals surface area contributed by atoms with Crippen LogP contribution in [-0.2, 0) is 9.47 Å². The normalized spacial score (nSPS) is 28.5. The number of amides is 1. The van der Waals surface area contributed by atoms with E-state index >= 15 is 0 Å². The zero-order valence-corrected chi connectivity index (χ0v) is 13.4. The Bertz CT molecular complexity index is 596. The summed E-state index contributed by atoms with van der Waals surface area (Å²) in [5.74, 6) is 0.730. The van der Waals surface area contributed by atoms with Crippen molar-refractivity contribution in [3.63, 3.8) is 0 Å². The smallest absolute Gasteiger partial charge is 0.251 e. The molecule has 4 atom stereocenters. The summed E-state index contributed by atoms with van der Waals surface area (Å²) in [6.45, 7) is 1.29. The lowest BCUT2D eigenvalue weighted by Gasteiger charge is -2.18. The SMILES string of the molecule is COc1cc(C(=O)N[C@@H]2CO[C@H]3[C@@H]2OC[C@H]3O)ccc1OCCN. The second-order valence-electron chi connectivity index (χ2n) is 5.75. The van der Waals surface area contributed by atoms with Crippen LogP contribution in [0.2, 0.25) is 0 Å². The van der Waals surface area contributed by atoms with Gasteiger partial charge in [0, 0.05) is 12.1 Å². The molecule has 8 heteroatoms. The fraction of sp³-hybridized carbons (Fsp3) is 0.562. The third kappa shape index (κ3) is 3.32. The fourth-order valence-corrected chi connectivity index (χ4v) is 2.95. The molecular formula is C16H22N2O6. The van der Waals surface area contributed by atoms with Crippen LogP contribution in [0.3, 0.4) is 0 Å². The Labute approximate surface area is 139 Å². The minimum absolute atomic E-state index is 0.225. The predicted molar refractivity (Wildman–Crippen MR) is 84.3 cm³/mol. The van der Waals surface area contributed by atoms with Crippen LogP contribution in [-0.4, -0.2) is 68.8 Å². The number of carbonyl (C=O) groups excluding carboxylic acids is 1. The summed E-state index contributed by atoms with van der Waals surface area (Å²) in [6.07, 6.45) is -1.34. The van der Waals surface area contributed by atoms with Gasteiger partial charge >= 0.3 is 0 Å². The van der Waals surface area contributed by atoms with Gasteiger partial charge in [0.25, 0.3) is 5.91 Å². The van der Waals surface area contributed by atoms with Gasteiger partial charge in [-0.3, -0.25) is 4.79 Å². The highest BCUT2D eigenvalue weighted by Crippen LogP contribution is 2.29. The Morgan fingerprint density at radius 2 is 2.12 bits per heavy atom. The highest BCUT2D eigenvalue weighted by atomic mass is 16.6. The summed E-state index contributed by atoms with van der Waals surface area (Å²) in [5, 5.41) is 12.6. The molecule has 2 saturated heterocycles. The molecule has 0 unspecified atom stereocenters. The van der Waals surface area contributed by atoms with Gasteiger partial charge in [-0.05, 0) is 18.2 Å². The van der Waals surface area contributed by atoms with Gasteiger partial charge < -0.3 is 35.1 Å². The maximum absolute atomic E-state index is 12.5. The molecule has 2 heterocycles. The van der Waals surface area contributed by atoms with Crippen LogP contribution in [0.1, 0.15) is 10.4 Å². The molecule has 0 aromatic heterocycles. The summed E-state index contributed by atoms with van der Waals surface area (Å²) in [7, 11) is 1.51. The van der Waals surface area contributed by atoms with Crippen LogP contribution in [0, 0.1) is 0 Å². The molecule has 1 aromatic rings. The second-order valence-corrected chi connectivity index (χ2v) is 5.75. The molecule has 3 rings (SSSR count). The van der Waals surface area contributed by atoms with Crippen LogP contribution >= 0.6 is 0 Å². The van der Waals surface area contributed by atoms with Crippen molar-refractivity contribution in [1.82, 2.24) is 5.32 Å². The molecule has 24 heavy (non-hydrogen) atoms. The van der Waals surface area contributed by atoms with Crippen molar-refractivity contribution in [2.45, 2.75) is 24.4 Å². The van der Waals surface area contributed by atoms with Crippen LogP contribution in [0.5, 0.6) is 11.5 Å². The minimum Gasteiger partial charge on any atom is -0.493 e. The van der Waals surface area contributed by atoms with E-state index in [2.05, 4.69) is 5.32 Å². The van der Waals surface area contributed by atoms with E-state index in [1.807, 2.05) is 0 Å². The van der Waals surface area contributed by atoms with Crippen molar-refractivity contribution in [3.8, 4) is 11.5 Å². The number of ether oxygens (including phenoxy) is 4. The van der Waals surface area contributed by atoms with Crippen molar-refractivity contribution >= 4 is 5.91 Å². The number of rotatable bonds is 6. The van der Waals surface area contributed by atoms with E-state index in [1.165, 1.54) is 7.11 Å². The van der Waals surface area contributed by atoms with Gasteiger partial charge in [-0.2, -0.15) is 0 Å². The quantitative estimate of drug-likeness (QED) is 0.628. The van der Waals surface area contributed by atoms with E-state index < -0.39 is 6.10 Å². The molecule has 2 aliphatic heterocycles. The number of carbonyl (C=O) groups is 1. The number of aliphatic hydroxyl groups excluding tert-OH is 1. The number of benzene rings is 1. The van der Waals surface area contributed by atoms with Gasteiger partial charge in [0.1, 0.15) is 24.9 Å².